The van der Waals surface area contributed by atoms with E-state index in [9.17, 15) is 0 Å². The van der Waals surface area contributed by atoms with E-state index < -0.39 is 0 Å². The van der Waals surface area contributed by atoms with Crippen molar-refractivity contribution < 1.29 is 0 Å². The van der Waals surface area contributed by atoms with Gasteiger partial charge in [0.1, 0.15) is 0 Å². The molecule has 0 saturated heterocycles. The average molecular weight is 263 g/mol. The molecule has 0 aromatic carbocycles. The molecule has 1 aromatic rings. The molecule has 19 heavy (non-hydrogen) atoms. The Morgan fingerprint density at radius 3 is 2.74 bits per heavy atom. The van der Waals surface area contributed by atoms with Gasteiger partial charge in [-0.3, -0.25) is 4.68 Å². The van der Waals surface area contributed by atoms with E-state index in [1.54, 1.807) is 0 Å². The van der Waals surface area contributed by atoms with Gasteiger partial charge in [0.2, 0.25) is 0 Å². The van der Waals surface area contributed by atoms with Crippen molar-refractivity contribution in [2.75, 3.05) is 13.1 Å². The minimum Gasteiger partial charge on any atom is -0.316 e. The Morgan fingerprint density at radius 2 is 2.11 bits per heavy atom. The van der Waals surface area contributed by atoms with E-state index in [4.69, 9.17) is 0 Å². The molecule has 0 radical (unpaired) electrons. The number of aromatic nitrogens is 2. The Morgan fingerprint density at radius 1 is 1.32 bits per heavy atom. The van der Waals surface area contributed by atoms with Gasteiger partial charge in [-0.15, -0.1) is 0 Å². The molecule has 0 amide bonds. The van der Waals surface area contributed by atoms with Gasteiger partial charge in [0.25, 0.3) is 0 Å². The van der Waals surface area contributed by atoms with Crippen LogP contribution in [-0.4, -0.2) is 22.9 Å². The van der Waals surface area contributed by atoms with Crippen LogP contribution >= 0.6 is 0 Å². The van der Waals surface area contributed by atoms with Gasteiger partial charge in [-0.2, -0.15) is 5.10 Å². The summed E-state index contributed by atoms with van der Waals surface area (Å²) in [5.74, 6) is 0. The SMILES string of the molecule is CCCNCC1(CCc2cnn(C)c2)CCCCC1. The monoisotopic (exact) mass is 263 g/mol. The quantitative estimate of drug-likeness (QED) is 0.765. The predicted molar refractivity (Wildman–Crippen MR) is 80.2 cm³/mol. The van der Waals surface area contributed by atoms with Crippen molar-refractivity contribution in [3.8, 4) is 0 Å². The van der Waals surface area contributed by atoms with Crippen molar-refractivity contribution >= 4 is 0 Å². The second-order valence-corrected chi connectivity index (χ2v) is 6.26. The van der Waals surface area contributed by atoms with E-state index >= 15 is 0 Å². The molecule has 1 aliphatic rings. The second kappa shape index (κ2) is 7.09. The van der Waals surface area contributed by atoms with Gasteiger partial charge in [-0.05, 0) is 49.6 Å². The van der Waals surface area contributed by atoms with Crippen LogP contribution in [0.15, 0.2) is 12.4 Å². The van der Waals surface area contributed by atoms with Crippen LogP contribution in [0.1, 0.15) is 57.4 Å². The van der Waals surface area contributed by atoms with E-state index in [1.807, 2.05) is 17.9 Å². The molecule has 0 unspecified atom stereocenters. The van der Waals surface area contributed by atoms with Crippen molar-refractivity contribution in [2.45, 2.75) is 58.3 Å². The van der Waals surface area contributed by atoms with Gasteiger partial charge in [-0.1, -0.05) is 26.2 Å². The summed E-state index contributed by atoms with van der Waals surface area (Å²) in [4.78, 5) is 0. The summed E-state index contributed by atoms with van der Waals surface area (Å²) in [7, 11) is 2.00. The molecule has 1 N–H and O–H groups in total. The minimum absolute atomic E-state index is 0.545. The fraction of sp³-hybridized carbons (Fsp3) is 0.812. The van der Waals surface area contributed by atoms with Gasteiger partial charge in [0, 0.05) is 19.8 Å². The van der Waals surface area contributed by atoms with Crippen LogP contribution < -0.4 is 5.32 Å². The Kier molecular flexibility index (Phi) is 5.44. The predicted octanol–water partition coefficient (Wildman–Crippen LogP) is 3.30. The second-order valence-electron chi connectivity index (χ2n) is 6.26. The molecule has 0 spiro atoms. The number of nitrogens with one attached hydrogen (secondary N) is 1. The van der Waals surface area contributed by atoms with Crippen LogP contribution in [0.25, 0.3) is 0 Å². The maximum absolute atomic E-state index is 4.28. The summed E-state index contributed by atoms with van der Waals surface area (Å²) in [6.45, 7) is 4.62. The lowest BCUT2D eigenvalue weighted by Gasteiger charge is -2.38. The van der Waals surface area contributed by atoms with Gasteiger partial charge in [-0.25, -0.2) is 0 Å². The summed E-state index contributed by atoms with van der Waals surface area (Å²) in [5, 5.41) is 7.95. The van der Waals surface area contributed by atoms with Crippen molar-refractivity contribution in [1.82, 2.24) is 15.1 Å². The van der Waals surface area contributed by atoms with Crippen LogP contribution in [0, 0.1) is 5.41 Å². The molecule has 2 rings (SSSR count). The smallest absolute Gasteiger partial charge is 0.0521 e. The molecular formula is C16H29N3. The maximum Gasteiger partial charge on any atom is 0.0521 e. The van der Waals surface area contributed by atoms with E-state index in [2.05, 4.69) is 23.5 Å². The molecule has 1 heterocycles. The lowest BCUT2D eigenvalue weighted by atomic mass is 9.70. The third-order valence-electron chi connectivity index (χ3n) is 4.54. The number of nitrogens with zero attached hydrogens (tertiary/aromatic N) is 2. The first-order valence-electron chi connectivity index (χ1n) is 7.92. The molecule has 1 aliphatic carbocycles. The summed E-state index contributed by atoms with van der Waals surface area (Å²) in [5.41, 5.74) is 1.94. The molecular weight excluding hydrogens is 234 g/mol. The number of hydrogen-bond acceptors (Lipinski definition) is 2. The summed E-state index contributed by atoms with van der Waals surface area (Å²) < 4.78 is 1.91. The van der Waals surface area contributed by atoms with Crippen molar-refractivity contribution in [3.63, 3.8) is 0 Å². The van der Waals surface area contributed by atoms with Gasteiger partial charge < -0.3 is 5.32 Å². The summed E-state index contributed by atoms with van der Waals surface area (Å²) in [6.07, 6.45) is 15.0. The number of aryl methyl sites for hydroxylation is 2. The molecule has 1 fully saturated rings. The molecule has 0 bridgehead atoms. The van der Waals surface area contributed by atoms with Crippen molar-refractivity contribution in [2.24, 2.45) is 12.5 Å². The van der Waals surface area contributed by atoms with E-state index in [-0.39, 0.29) is 0 Å². The Balaban J connectivity index is 1.89. The molecule has 108 valence electrons. The third-order valence-corrected chi connectivity index (χ3v) is 4.54. The van der Waals surface area contributed by atoms with E-state index in [0.717, 1.165) is 6.54 Å². The summed E-state index contributed by atoms with van der Waals surface area (Å²) in [6, 6.07) is 0. The zero-order valence-electron chi connectivity index (χ0n) is 12.6. The highest BCUT2D eigenvalue weighted by atomic mass is 15.2. The fourth-order valence-corrected chi connectivity index (χ4v) is 3.36. The zero-order valence-corrected chi connectivity index (χ0v) is 12.6. The molecule has 3 nitrogen and oxygen atoms in total. The molecule has 0 atom stereocenters. The molecule has 0 aliphatic heterocycles. The topological polar surface area (TPSA) is 29.9 Å². The van der Waals surface area contributed by atoms with Crippen LogP contribution in [0.3, 0.4) is 0 Å². The molecule has 3 heteroatoms. The summed E-state index contributed by atoms with van der Waals surface area (Å²) >= 11 is 0. The van der Waals surface area contributed by atoms with Gasteiger partial charge in [0.15, 0.2) is 0 Å². The largest absolute Gasteiger partial charge is 0.316 e. The Labute approximate surface area is 117 Å². The van der Waals surface area contributed by atoms with Crippen LogP contribution in [0.4, 0.5) is 0 Å². The Hall–Kier alpha value is -0.830. The highest BCUT2D eigenvalue weighted by Gasteiger charge is 2.31. The van der Waals surface area contributed by atoms with Gasteiger partial charge in [0.05, 0.1) is 6.20 Å². The highest BCUT2D eigenvalue weighted by Crippen LogP contribution is 2.39. The maximum atomic E-state index is 4.28. The highest BCUT2D eigenvalue weighted by molar-refractivity contribution is 5.05. The molecule has 1 saturated carbocycles. The number of rotatable bonds is 7. The van der Waals surface area contributed by atoms with Crippen molar-refractivity contribution in [1.29, 1.82) is 0 Å². The number of hydrogen-bond donors (Lipinski definition) is 1. The van der Waals surface area contributed by atoms with E-state index in [0.29, 0.717) is 5.41 Å². The first kappa shape index (κ1) is 14.6. The van der Waals surface area contributed by atoms with Crippen LogP contribution in [-0.2, 0) is 13.5 Å². The fourth-order valence-electron chi connectivity index (χ4n) is 3.36. The normalized spacial score (nSPS) is 18.6. The van der Waals surface area contributed by atoms with Crippen molar-refractivity contribution in [3.05, 3.63) is 18.0 Å². The lowest BCUT2D eigenvalue weighted by Crippen LogP contribution is -2.37. The van der Waals surface area contributed by atoms with Crippen LogP contribution in [0.2, 0.25) is 0 Å². The average Bonchev–Trinajstić information content (AvgIpc) is 2.84. The lowest BCUT2D eigenvalue weighted by molar-refractivity contribution is 0.167. The van der Waals surface area contributed by atoms with E-state index in [1.165, 1.54) is 63.5 Å². The molecule has 1 aromatic heterocycles. The first-order chi connectivity index (χ1) is 9.24. The standard InChI is InChI=1S/C16H29N3/c1-3-11-17-14-16(8-5-4-6-9-16)10-7-15-12-18-19(2)13-15/h12-13,17H,3-11,14H2,1-2H3. The minimum atomic E-state index is 0.545. The van der Waals surface area contributed by atoms with Crippen LogP contribution in [0.5, 0.6) is 0 Å². The third kappa shape index (κ3) is 4.34. The first-order valence-corrected chi connectivity index (χ1v) is 7.92. The van der Waals surface area contributed by atoms with Gasteiger partial charge >= 0.3 is 0 Å². The zero-order chi connectivity index (χ0) is 13.6. The Bertz CT molecular complexity index is 364.